The van der Waals surface area contributed by atoms with Crippen LogP contribution in [0.3, 0.4) is 0 Å². The summed E-state index contributed by atoms with van der Waals surface area (Å²) in [7, 11) is 0. The van der Waals surface area contributed by atoms with Gasteiger partial charge >= 0.3 is 0 Å². The number of nitrogens with zero attached hydrogens (tertiary/aromatic N) is 2. The third-order valence-corrected chi connectivity index (χ3v) is 4.14. The van der Waals surface area contributed by atoms with Gasteiger partial charge in [0.25, 0.3) is 5.91 Å². The summed E-state index contributed by atoms with van der Waals surface area (Å²) in [6, 6.07) is 14.5. The molecule has 26 heavy (non-hydrogen) atoms. The van der Waals surface area contributed by atoms with E-state index in [-0.39, 0.29) is 17.5 Å². The molecule has 0 atom stereocenters. The number of amides is 1. The first kappa shape index (κ1) is 18.2. The number of aromatic nitrogens is 2. The van der Waals surface area contributed by atoms with Crippen molar-refractivity contribution in [3.05, 3.63) is 81.6 Å². The number of rotatable bonds is 5. The Morgan fingerprint density at radius 2 is 1.81 bits per heavy atom. The van der Waals surface area contributed by atoms with Crippen LogP contribution in [0.1, 0.15) is 21.6 Å². The van der Waals surface area contributed by atoms with Gasteiger partial charge in [0.05, 0.1) is 0 Å². The fourth-order valence-corrected chi connectivity index (χ4v) is 2.90. The molecule has 1 aromatic heterocycles. The minimum atomic E-state index is -0.275. The van der Waals surface area contributed by atoms with Crippen LogP contribution in [0.5, 0.6) is 0 Å². The van der Waals surface area contributed by atoms with E-state index in [1.807, 2.05) is 31.2 Å². The van der Waals surface area contributed by atoms with Crippen molar-refractivity contribution >= 4 is 40.7 Å². The molecule has 0 fully saturated rings. The molecule has 0 unspecified atom stereocenters. The lowest BCUT2D eigenvalue weighted by atomic mass is 10.1. The number of aryl methyl sites for hydroxylation is 1. The zero-order valence-corrected chi connectivity index (χ0v) is 15.5. The molecule has 0 aliphatic carbocycles. The van der Waals surface area contributed by atoms with Crippen LogP contribution in [0, 0.1) is 6.92 Å². The molecule has 0 saturated carbocycles. The van der Waals surface area contributed by atoms with Crippen LogP contribution in [-0.4, -0.2) is 15.9 Å². The van der Waals surface area contributed by atoms with Crippen LogP contribution in [0.15, 0.2) is 54.7 Å². The number of anilines is 2. The third-order valence-electron chi connectivity index (χ3n) is 3.71. The molecule has 0 aliphatic heterocycles. The Bertz CT molecular complexity index is 926. The van der Waals surface area contributed by atoms with Crippen molar-refractivity contribution in [3.63, 3.8) is 0 Å². The number of nitrogens with one attached hydrogen (secondary N) is 2. The highest BCUT2D eigenvalue weighted by atomic mass is 35.5. The van der Waals surface area contributed by atoms with Crippen molar-refractivity contribution in [1.29, 1.82) is 0 Å². The lowest BCUT2D eigenvalue weighted by Gasteiger charge is -2.09. The summed E-state index contributed by atoms with van der Waals surface area (Å²) < 4.78 is 0. The van der Waals surface area contributed by atoms with E-state index in [2.05, 4.69) is 20.6 Å². The molecule has 0 radical (unpaired) electrons. The minimum absolute atomic E-state index is 0.268. The molecule has 0 spiro atoms. The number of halogens is 2. The second-order valence-corrected chi connectivity index (χ2v) is 6.53. The van der Waals surface area contributed by atoms with E-state index in [0.717, 1.165) is 11.1 Å². The highest BCUT2D eigenvalue weighted by Gasteiger charge is 2.10. The summed E-state index contributed by atoms with van der Waals surface area (Å²) >= 11 is 12.0. The fourth-order valence-electron chi connectivity index (χ4n) is 2.37. The molecule has 3 aromatic rings. The zero-order valence-electron chi connectivity index (χ0n) is 14.0. The molecule has 7 heteroatoms. The Labute approximate surface area is 161 Å². The number of carbonyl (C=O) groups excluding carboxylic acids is 1. The largest absolute Gasteiger partial charge is 0.347 e. The molecule has 0 aliphatic rings. The van der Waals surface area contributed by atoms with Crippen LogP contribution in [0.25, 0.3) is 0 Å². The van der Waals surface area contributed by atoms with E-state index in [1.165, 1.54) is 6.20 Å². The van der Waals surface area contributed by atoms with Crippen molar-refractivity contribution in [1.82, 2.24) is 15.3 Å². The van der Waals surface area contributed by atoms with Crippen LogP contribution in [0.2, 0.25) is 10.0 Å². The normalized spacial score (nSPS) is 10.4. The highest BCUT2D eigenvalue weighted by molar-refractivity contribution is 6.35. The Hall–Kier alpha value is -2.63. The van der Waals surface area contributed by atoms with Gasteiger partial charge in [-0.2, -0.15) is 0 Å². The summed E-state index contributed by atoms with van der Waals surface area (Å²) in [6.07, 6.45) is 1.52. The van der Waals surface area contributed by atoms with E-state index in [4.69, 9.17) is 23.2 Å². The van der Waals surface area contributed by atoms with Gasteiger partial charge in [-0.3, -0.25) is 4.79 Å². The first-order valence-corrected chi connectivity index (χ1v) is 8.66. The van der Waals surface area contributed by atoms with Gasteiger partial charge in [-0.15, -0.1) is 0 Å². The molecule has 1 heterocycles. The maximum Gasteiger partial charge on any atom is 0.270 e. The topological polar surface area (TPSA) is 66.9 Å². The van der Waals surface area contributed by atoms with Gasteiger partial charge in [0.1, 0.15) is 5.69 Å². The summed E-state index contributed by atoms with van der Waals surface area (Å²) in [6.45, 7) is 2.44. The maximum atomic E-state index is 12.4. The van der Waals surface area contributed by atoms with Gasteiger partial charge in [0, 0.05) is 28.5 Å². The van der Waals surface area contributed by atoms with Gasteiger partial charge in [-0.1, -0.05) is 47.5 Å². The van der Waals surface area contributed by atoms with Gasteiger partial charge < -0.3 is 10.6 Å². The average molecular weight is 387 g/mol. The fraction of sp³-hybridized carbons (Fsp3) is 0.105. The smallest absolute Gasteiger partial charge is 0.270 e. The predicted octanol–water partition coefficient (Wildman–Crippen LogP) is 4.77. The second-order valence-electron chi connectivity index (χ2n) is 5.66. The van der Waals surface area contributed by atoms with E-state index in [1.54, 1.807) is 24.3 Å². The predicted molar refractivity (Wildman–Crippen MR) is 104 cm³/mol. The summed E-state index contributed by atoms with van der Waals surface area (Å²) in [5.41, 5.74) is 3.08. The van der Waals surface area contributed by atoms with Crippen LogP contribution >= 0.6 is 23.2 Å². The third kappa shape index (κ3) is 4.71. The van der Waals surface area contributed by atoms with Crippen molar-refractivity contribution in [2.75, 3.05) is 5.32 Å². The van der Waals surface area contributed by atoms with Crippen LogP contribution in [0.4, 0.5) is 11.6 Å². The van der Waals surface area contributed by atoms with Gasteiger partial charge in [-0.25, -0.2) is 9.97 Å². The minimum Gasteiger partial charge on any atom is -0.347 e. The van der Waals surface area contributed by atoms with Gasteiger partial charge in [-0.05, 0) is 42.3 Å². The Kier molecular flexibility index (Phi) is 5.71. The molecular formula is C19H16Cl2N4O. The van der Waals surface area contributed by atoms with Crippen molar-refractivity contribution < 1.29 is 4.79 Å². The van der Waals surface area contributed by atoms with E-state index < -0.39 is 0 Å². The van der Waals surface area contributed by atoms with Crippen molar-refractivity contribution in [3.8, 4) is 0 Å². The molecular weight excluding hydrogens is 371 g/mol. The molecule has 2 aromatic carbocycles. The summed E-state index contributed by atoms with van der Waals surface area (Å²) in [4.78, 5) is 20.7. The quantitative estimate of drug-likeness (QED) is 0.662. The van der Waals surface area contributed by atoms with Gasteiger partial charge in [0.2, 0.25) is 5.95 Å². The standard InChI is InChI=1S/C19H16Cl2N4O/c1-12-4-2-3-5-13(12)11-23-18(26)17-6-7-22-19(25-17)24-16-9-14(20)8-15(21)10-16/h2-10H,11H2,1H3,(H,23,26)(H,22,24,25). The molecule has 5 nitrogen and oxygen atoms in total. The second kappa shape index (κ2) is 8.17. The molecule has 1 amide bonds. The van der Waals surface area contributed by atoms with E-state index in [9.17, 15) is 4.79 Å². The number of carbonyl (C=O) groups is 1. The van der Waals surface area contributed by atoms with E-state index >= 15 is 0 Å². The maximum absolute atomic E-state index is 12.4. The van der Waals surface area contributed by atoms with E-state index in [0.29, 0.717) is 22.3 Å². The summed E-state index contributed by atoms with van der Waals surface area (Å²) in [5, 5.41) is 6.84. The molecule has 0 saturated heterocycles. The highest BCUT2D eigenvalue weighted by Crippen LogP contribution is 2.24. The lowest BCUT2D eigenvalue weighted by molar-refractivity contribution is 0.0946. The Balaban J connectivity index is 1.70. The molecule has 2 N–H and O–H groups in total. The molecule has 0 bridgehead atoms. The van der Waals surface area contributed by atoms with Gasteiger partial charge in [0.15, 0.2) is 0 Å². The van der Waals surface area contributed by atoms with Crippen molar-refractivity contribution in [2.24, 2.45) is 0 Å². The van der Waals surface area contributed by atoms with Crippen LogP contribution in [-0.2, 0) is 6.54 Å². The zero-order chi connectivity index (χ0) is 18.5. The number of hydrogen-bond donors (Lipinski definition) is 2. The molecule has 3 rings (SSSR count). The number of benzene rings is 2. The first-order chi connectivity index (χ1) is 12.5. The average Bonchev–Trinajstić information content (AvgIpc) is 2.60. The number of hydrogen-bond acceptors (Lipinski definition) is 4. The lowest BCUT2D eigenvalue weighted by Crippen LogP contribution is -2.24. The monoisotopic (exact) mass is 386 g/mol. The van der Waals surface area contributed by atoms with Crippen molar-refractivity contribution in [2.45, 2.75) is 13.5 Å². The SMILES string of the molecule is Cc1ccccc1CNC(=O)c1ccnc(Nc2cc(Cl)cc(Cl)c2)n1. The first-order valence-electron chi connectivity index (χ1n) is 7.90. The summed E-state index contributed by atoms with van der Waals surface area (Å²) in [5.74, 6) is 0.00899. The molecule has 132 valence electrons. The van der Waals surface area contributed by atoms with Crippen LogP contribution < -0.4 is 10.6 Å². The Morgan fingerprint density at radius 3 is 2.54 bits per heavy atom. The Morgan fingerprint density at radius 1 is 1.08 bits per heavy atom.